The molecule has 170 valence electrons. The highest BCUT2D eigenvalue weighted by Gasteiger charge is 2.32. The van der Waals surface area contributed by atoms with Gasteiger partial charge in [-0.3, -0.25) is 9.69 Å². The van der Waals surface area contributed by atoms with Crippen molar-refractivity contribution in [1.82, 2.24) is 14.7 Å². The van der Waals surface area contributed by atoms with E-state index in [4.69, 9.17) is 22.1 Å². The highest BCUT2D eigenvalue weighted by molar-refractivity contribution is 9.10. The molecule has 0 aliphatic carbocycles. The minimum Gasteiger partial charge on any atom is -0.496 e. The van der Waals surface area contributed by atoms with Crippen LogP contribution in [0.3, 0.4) is 0 Å². The molecule has 0 atom stereocenters. The Kier molecular flexibility index (Phi) is 7.67. The summed E-state index contributed by atoms with van der Waals surface area (Å²) < 4.78 is 8.66. The van der Waals surface area contributed by atoms with Gasteiger partial charge in [0, 0.05) is 23.9 Å². The summed E-state index contributed by atoms with van der Waals surface area (Å²) in [5, 5.41) is 4.86. The first-order valence-electron chi connectivity index (χ1n) is 10.8. The van der Waals surface area contributed by atoms with Crippen LogP contribution in [0.2, 0.25) is 0 Å². The maximum atomic E-state index is 13.1. The molecule has 1 fully saturated rings. The van der Waals surface area contributed by atoms with Crippen molar-refractivity contribution in [1.29, 1.82) is 0 Å². The number of halogens is 1. The standard InChI is InChI=1S/C25H24BrN3O2S2/c1-3-4-8-13-28-24(30)22(33-25(28)32)15-18-16-29(19-9-6-5-7-10-19)27-23(18)17-11-12-21(31-2)20(26)14-17/h5-7,9-12,14-16H,3-4,8,13H2,1-2H3/b22-15-. The molecule has 5 nitrogen and oxygen atoms in total. The topological polar surface area (TPSA) is 47.4 Å². The number of aromatic nitrogens is 2. The first-order valence-corrected chi connectivity index (χ1v) is 12.8. The number of methoxy groups -OCH3 is 1. The number of nitrogens with zero attached hydrogens (tertiary/aromatic N) is 3. The lowest BCUT2D eigenvalue weighted by molar-refractivity contribution is -0.122. The summed E-state index contributed by atoms with van der Waals surface area (Å²) in [5.41, 5.74) is 3.49. The van der Waals surface area contributed by atoms with Crippen molar-refractivity contribution >= 4 is 56.2 Å². The number of rotatable bonds is 8. The van der Waals surface area contributed by atoms with Gasteiger partial charge in [-0.25, -0.2) is 4.68 Å². The van der Waals surface area contributed by atoms with Gasteiger partial charge in [-0.1, -0.05) is 61.9 Å². The van der Waals surface area contributed by atoms with E-state index in [0.717, 1.165) is 52.0 Å². The van der Waals surface area contributed by atoms with Crippen LogP contribution < -0.4 is 4.74 Å². The Balaban J connectivity index is 1.74. The van der Waals surface area contributed by atoms with Crippen molar-refractivity contribution < 1.29 is 9.53 Å². The summed E-state index contributed by atoms with van der Waals surface area (Å²) in [6, 6.07) is 15.8. The third-order valence-corrected chi connectivity index (χ3v) is 7.33. The average Bonchev–Trinajstić information content (AvgIpc) is 3.36. The summed E-state index contributed by atoms with van der Waals surface area (Å²) in [6.45, 7) is 2.81. The van der Waals surface area contributed by atoms with E-state index in [2.05, 4.69) is 22.9 Å². The van der Waals surface area contributed by atoms with E-state index in [9.17, 15) is 4.79 Å². The molecule has 33 heavy (non-hydrogen) atoms. The molecule has 1 aliphatic heterocycles. The zero-order valence-corrected chi connectivity index (χ0v) is 21.7. The Morgan fingerprint density at radius 2 is 1.97 bits per heavy atom. The van der Waals surface area contributed by atoms with Gasteiger partial charge in [0.25, 0.3) is 5.91 Å². The molecule has 0 saturated carbocycles. The fraction of sp³-hybridized carbons (Fsp3) is 0.240. The number of carbonyl (C=O) groups excluding carboxylic acids is 1. The molecule has 0 spiro atoms. The third kappa shape index (κ3) is 5.23. The highest BCUT2D eigenvalue weighted by atomic mass is 79.9. The van der Waals surface area contributed by atoms with Crippen molar-refractivity contribution in [3.8, 4) is 22.7 Å². The van der Waals surface area contributed by atoms with Gasteiger partial charge in [0.1, 0.15) is 15.8 Å². The summed E-state index contributed by atoms with van der Waals surface area (Å²) >= 11 is 10.4. The Labute approximate surface area is 211 Å². The van der Waals surface area contributed by atoms with Gasteiger partial charge in [-0.2, -0.15) is 5.10 Å². The second-order valence-corrected chi connectivity index (χ2v) is 10.1. The monoisotopic (exact) mass is 541 g/mol. The Morgan fingerprint density at radius 1 is 1.18 bits per heavy atom. The quantitative estimate of drug-likeness (QED) is 0.180. The van der Waals surface area contributed by atoms with Crippen molar-refractivity contribution in [2.45, 2.75) is 26.2 Å². The second kappa shape index (κ2) is 10.7. The average molecular weight is 543 g/mol. The number of carbonyl (C=O) groups is 1. The van der Waals surface area contributed by atoms with Crippen molar-refractivity contribution in [2.24, 2.45) is 0 Å². The maximum Gasteiger partial charge on any atom is 0.266 e. The molecule has 3 aromatic rings. The predicted octanol–water partition coefficient (Wildman–Crippen LogP) is 6.70. The van der Waals surface area contributed by atoms with E-state index in [1.54, 1.807) is 12.0 Å². The van der Waals surface area contributed by atoms with Crippen LogP contribution in [-0.2, 0) is 4.79 Å². The summed E-state index contributed by atoms with van der Waals surface area (Å²) in [6.07, 6.45) is 6.99. The van der Waals surface area contributed by atoms with Gasteiger partial charge in [0.2, 0.25) is 0 Å². The van der Waals surface area contributed by atoms with Crippen LogP contribution in [-0.4, -0.2) is 38.6 Å². The fourth-order valence-corrected chi connectivity index (χ4v) is 5.44. The summed E-state index contributed by atoms with van der Waals surface area (Å²) in [7, 11) is 1.64. The molecule has 1 amide bonds. The number of para-hydroxylation sites is 1. The SMILES string of the molecule is CCCCCN1C(=O)/C(=C/c2cn(-c3ccccc3)nc2-c2ccc(OC)c(Br)c2)SC1=S. The number of hydrogen-bond acceptors (Lipinski definition) is 5. The molecule has 0 N–H and O–H groups in total. The number of amides is 1. The largest absolute Gasteiger partial charge is 0.496 e. The van der Waals surface area contributed by atoms with Gasteiger partial charge in [0.05, 0.1) is 22.2 Å². The van der Waals surface area contributed by atoms with Crippen LogP contribution in [0.15, 0.2) is 64.1 Å². The van der Waals surface area contributed by atoms with Crippen molar-refractivity contribution in [2.75, 3.05) is 13.7 Å². The zero-order valence-electron chi connectivity index (χ0n) is 18.5. The molecular weight excluding hydrogens is 518 g/mol. The van der Waals surface area contributed by atoms with Gasteiger partial charge in [-0.15, -0.1) is 0 Å². The van der Waals surface area contributed by atoms with Crippen LogP contribution >= 0.6 is 39.9 Å². The number of benzene rings is 2. The molecule has 0 unspecified atom stereocenters. The second-order valence-electron chi connectivity index (χ2n) is 7.60. The van der Waals surface area contributed by atoms with E-state index in [0.29, 0.717) is 15.8 Å². The summed E-state index contributed by atoms with van der Waals surface area (Å²) in [5.74, 6) is 0.714. The highest BCUT2D eigenvalue weighted by Crippen LogP contribution is 2.36. The minimum absolute atomic E-state index is 0.0320. The van der Waals surface area contributed by atoms with E-state index >= 15 is 0 Å². The maximum absolute atomic E-state index is 13.1. The van der Waals surface area contributed by atoms with Crippen LogP contribution in [0.4, 0.5) is 0 Å². The minimum atomic E-state index is -0.0320. The predicted molar refractivity (Wildman–Crippen MR) is 143 cm³/mol. The number of unbranched alkanes of at least 4 members (excludes halogenated alkanes) is 2. The van der Waals surface area contributed by atoms with Gasteiger partial charge >= 0.3 is 0 Å². The van der Waals surface area contributed by atoms with Crippen molar-refractivity contribution in [3.63, 3.8) is 0 Å². The summed E-state index contributed by atoms with van der Waals surface area (Å²) in [4.78, 5) is 15.4. The molecule has 2 aromatic carbocycles. The lowest BCUT2D eigenvalue weighted by Gasteiger charge is -2.13. The molecule has 8 heteroatoms. The van der Waals surface area contributed by atoms with E-state index < -0.39 is 0 Å². The smallest absolute Gasteiger partial charge is 0.266 e. The molecule has 1 aliphatic rings. The third-order valence-electron chi connectivity index (χ3n) is 5.33. The van der Waals surface area contributed by atoms with Crippen LogP contribution in [0, 0.1) is 0 Å². The molecule has 1 saturated heterocycles. The van der Waals surface area contributed by atoms with E-state index in [1.165, 1.54) is 11.8 Å². The first kappa shape index (κ1) is 23.7. The molecular formula is C25H24BrN3O2S2. The van der Waals surface area contributed by atoms with E-state index in [1.807, 2.05) is 65.5 Å². The normalized spacial score (nSPS) is 15.0. The Morgan fingerprint density at radius 3 is 2.67 bits per heavy atom. The van der Waals surface area contributed by atoms with Gasteiger partial charge in [-0.05, 0) is 58.8 Å². The first-order chi connectivity index (χ1) is 16.0. The fourth-order valence-electron chi connectivity index (χ4n) is 3.60. The van der Waals surface area contributed by atoms with Crippen LogP contribution in [0.25, 0.3) is 23.0 Å². The lowest BCUT2D eigenvalue weighted by Crippen LogP contribution is -2.28. The molecule has 1 aromatic heterocycles. The van der Waals surface area contributed by atoms with Crippen LogP contribution in [0.1, 0.15) is 31.7 Å². The number of thioether (sulfide) groups is 1. The van der Waals surface area contributed by atoms with Crippen LogP contribution in [0.5, 0.6) is 5.75 Å². The number of ether oxygens (including phenoxy) is 1. The zero-order chi connectivity index (χ0) is 23.4. The van der Waals surface area contributed by atoms with Gasteiger partial charge in [0.15, 0.2) is 0 Å². The van der Waals surface area contributed by atoms with Gasteiger partial charge < -0.3 is 4.74 Å². The Hall–Kier alpha value is -2.42. The number of hydrogen-bond donors (Lipinski definition) is 0. The van der Waals surface area contributed by atoms with E-state index in [-0.39, 0.29) is 5.91 Å². The number of thiocarbonyl (C=S) groups is 1. The molecule has 0 radical (unpaired) electrons. The molecule has 0 bridgehead atoms. The molecule has 4 rings (SSSR count). The lowest BCUT2D eigenvalue weighted by atomic mass is 10.1. The Bertz CT molecular complexity index is 1210. The molecule has 2 heterocycles. The van der Waals surface area contributed by atoms with Crippen molar-refractivity contribution in [3.05, 3.63) is 69.7 Å².